The van der Waals surface area contributed by atoms with Gasteiger partial charge >= 0.3 is 0 Å². The maximum absolute atomic E-state index is 5.27. The second-order valence-electron chi connectivity index (χ2n) is 7.02. The van der Waals surface area contributed by atoms with Gasteiger partial charge in [0.2, 0.25) is 0 Å². The highest BCUT2D eigenvalue weighted by atomic mass is 16.5. The van der Waals surface area contributed by atoms with Gasteiger partial charge in [0.1, 0.15) is 23.5 Å². The summed E-state index contributed by atoms with van der Waals surface area (Å²) in [6.07, 6.45) is 8.94. The second-order valence-corrected chi connectivity index (χ2v) is 7.02. The predicted octanol–water partition coefficient (Wildman–Crippen LogP) is 4.47. The molecule has 0 aliphatic rings. The molecule has 4 heterocycles. The Balaban J connectivity index is 1.32. The van der Waals surface area contributed by atoms with Gasteiger partial charge in [0.15, 0.2) is 0 Å². The Kier molecular flexibility index (Phi) is 4.98. The molecule has 0 atom stereocenters. The van der Waals surface area contributed by atoms with E-state index in [9.17, 15) is 0 Å². The molecular formula is C24H20N6O. The van der Waals surface area contributed by atoms with Gasteiger partial charge in [-0.05, 0) is 28.8 Å². The van der Waals surface area contributed by atoms with E-state index in [-0.39, 0.29) is 0 Å². The first kappa shape index (κ1) is 18.7. The lowest BCUT2D eigenvalue weighted by atomic mass is 10.1. The number of nitrogens with one attached hydrogen (secondary N) is 1. The summed E-state index contributed by atoms with van der Waals surface area (Å²) in [4.78, 5) is 17.4. The van der Waals surface area contributed by atoms with Crippen molar-refractivity contribution in [3.63, 3.8) is 0 Å². The van der Waals surface area contributed by atoms with Gasteiger partial charge in [0.05, 0.1) is 24.7 Å². The van der Waals surface area contributed by atoms with Crippen molar-refractivity contribution in [2.75, 3.05) is 12.4 Å². The Morgan fingerprint density at radius 2 is 1.84 bits per heavy atom. The van der Waals surface area contributed by atoms with Crippen LogP contribution in [0, 0.1) is 0 Å². The zero-order chi connectivity index (χ0) is 21.0. The van der Waals surface area contributed by atoms with Gasteiger partial charge in [-0.2, -0.15) is 0 Å². The van der Waals surface area contributed by atoms with E-state index in [0.29, 0.717) is 6.54 Å². The molecule has 0 aliphatic carbocycles. The zero-order valence-corrected chi connectivity index (χ0v) is 16.9. The number of rotatable bonds is 6. The van der Waals surface area contributed by atoms with E-state index in [1.165, 1.54) is 0 Å². The van der Waals surface area contributed by atoms with Crippen molar-refractivity contribution in [1.29, 1.82) is 0 Å². The van der Waals surface area contributed by atoms with E-state index in [1.54, 1.807) is 25.8 Å². The monoisotopic (exact) mass is 408 g/mol. The van der Waals surface area contributed by atoms with E-state index in [4.69, 9.17) is 4.74 Å². The lowest BCUT2D eigenvalue weighted by Gasteiger charge is -2.08. The SMILES string of the molecule is COc1ccn2c(-c3cc(NCc4ccc(-c5cccnc5)cc4)ncn3)cnc2c1. The highest BCUT2D eigenvalue weighted by Crippen LogP contribution is 2.23. The number of aromatic nitrogens is 5. The van der Waals surface area contributed by atoms with Crippen molar-refractivity contribution in [3.05, 3.63) is 91.3 Å². The molecule has 5 rings (SSSR count). The first-order valence-electron chi connectivity index (χ1n) is 9.87. The van der Waals surface area contributed by atoms with Crippen LogP contribution in [0.5, 0.6) is 5.75 Å². The molecule has 31 heavy (non-hydrogen) atoms. The number of ether oxygens (including phenoxy) is 1. The largest absolute Gasteiger partial charge is 0.497 e. The Morgan fingerprint density at radius 1 is 0.935 bits per heavy atom. The van der Waals surface area contributed by atoms with E-state index in [0.717, 1.165) is 45.3 Å². The molecule has 4 aromatic heterocycles. The summed E-state index contributed by atoms with van der Waals surface area (Å²) < 4.78 is 7.25. The van der Waals surface area contributed by atoms with Crippen molar-refractivity contribution in [2.24, 2.45) is 0 Å². The quantitative estimate of drug-likeness (QED) is 0.447. The molecule has 0 radical (unpaired) electrons. The molecule has 0 aliphatic heterocycles. The summed E-state index contributed by atoms with van der Waals surface area (Å²) >= 11 is 0. The van der Waals surface area contributed by atoms with Gasteiger partial charge in [0, 0.05) is 37.3 Å². The number of hydrogen-bond donors (Lipinski definition) is 1. The number of pyridine rings is 2. The lowest BCUT2D eigenvalue weighted by molar-refractivity contribution is 0.414. The summed E-state index contributed by atoms with van der Waals surface area (Å²) in [6, 6.07) is 18.1. The van der Waals surface area contributed by atoms with Crippen LogP contribution in [-0.2, 0) is 6.54 Å². The molecule has 1 aromatic carbocycles. The van der Waals surface area contributed by atoms with Crippen molar-refractivity contribution >= 4 is 11.5 Å². The Morgan fingerprint density at radius 3 is 2.65 bits per heavy atom. The molecule has 1 N–H and O–H groups in total. The molecule has 0 bridgehead atoms. The third kappa shape index (κ3) is 3.93. The van der Waals surface area contributed by atoms with Gasteiger partial charge in [-0.3, -0.25) is 9.38 Å². The maximum Gasteiger partial charge on any atom is 0.140 e. The minimum absolute atomic E-state index is 0.661. The number of nitrogens with zero attached hydrogens (tertiary/aromatic N) is 5. The molecular weight excluding hydrogens is 388 g/mol. The van der Waals surface area contributed by atoms with Crippen LogP contribution >= 0.6 is 0 Å². The van der Waals surface area contributed by atoms with Crippen LogP contribution < -0.4 is 10.1 Å². The molecule has 7 heteroatoms. The number of imidazole rings is 1. The molecule has 0 spiro atoms. The molecule has 0 unspecified atom stereocenters. The molecule has 7 nitrogen and oxygen atoms in total. The highest BCUT2D eigenvalue weighted by molar-refractivity contribution is 5.64. The smallest absolute Gasteiger partial charge is 0.140 e. The van der Waals surface area contributed by atoms with E-state index >= 15 is 0 Å². The van der Waals surface area contributed by atoms with E-state index < -0.39 is 0 Å². The molecule has 0 saturated carbocycles. The molecule has 152 valence electrons. The lowest BCUT2D eigenvalue weighted by Crippen LogP contribution is -2.02. The summed E-state index contributed by atoms with van der Waals surface area (Å²) in [6.45, 7) is 0.661. The normalized spacial score (nSPS) is 10.9. The van der Waals surface area contributed by atoms with Crippen molar-refractivity contribution in [2.45, 2.75) is 6.54 Å². The van der Waals surface area contributed by atoms with Crippen LogP contribution in [0.2, 0.25) is 0 Å². The van der Waals surface area contributed by atoms with Gasteiger partial charge in [-0.15, -0.1) is 0 Å². The predicted molar refractivity (Wildman–Crippen MR) is 120 cm³/mol. The summed E-state index contributed by atoms with van der Waals surface area (Å²) in [7, 11) is 1.64. The average molecular weight is 408 g/mol. The number of benzene rings is 1. The van der Waals surface area contributed by atoms with Crippen molar-refractivity contribution < 1.29 is 4.74 Å². The zero-order valence-electron chi connectivity index (χ0n) is 16.9. The molecule has 0 fully saturated rings. The van der Waals surface area contributed by atoms with Gasteiger partial charge < -0.3 is 10.1 Å². The minimum atomic E-state index is 0.661. The standard InChI is InChI=1S/C24H20N6O/c1-31-20-8-10-30-22(15-27-24(30)11-20)21-12-23(29-16-28-21)26-13-17-4-6-18(7-5-17)19-3-2-9-25-14-19/h2-12,14-16H,13H2,1H3,(H,26,28,29). The number of hydrogen-bond acceptors (Lipinski definition) is 6. The van der Waals surface area contributed by atoms with Gasteiger partial charge in [-0.1, -0.05) is 30.3 Å². The van der Waals surface area contributed by atoms with Crippen LogP contribution in [-0.4, -0.2) is 31.4 Å². The maximum atomic E-state index is 5.27. The number of anilines is 1. The van der Waals surface area contributed by atoms with Crippen molar-refractivity contribution in [3.8, 4) is 28.3 Å². The van der Waals surface area contributed by atoms with Crippen LogP contribution in [0.3, 0.4) is 0 Å². The summed E-state index contributed by atoms with van der Waals surface area (Å²) in [5.74, 6) is 1.52. The minimum Gasteiger partial charge on any atom is -0.497 e. The van der Waals surface area contributed by atoms with Crippen LogP contribution in [0.1, 0.15) is 5.56 Å². The molecule has 5 aromatic rings. The van der Waals surface area contributed by atoms with Gasteiger partial charge in [0.25, 0.3) is 0 Å². The van der Waals surface area contributed by atoms with E-state index in [2.05, 4.69) is 55.6 Å². The number of methoxy groups -OCH3 is 1. The topological polar surface area (TPSA) is 77.2 Å². The summed E-state index contributed by atoms with van der Waals surface area (Å²) in [5, 5.41) is 3.38. The summed E-state index contributed by atoms with van der Waals surface area (Å²) in [5.41, 5.74) is 5.90. The highest BCUT2D eigenvalue weighted by Gasteiger charge is 2.09. The first-order valence-corrected chi connectivity index (χ1v) is 9.87. The van der Waals surface area contributed by atoms with Crippen LogP contribution in [0.4, 0.5) is 5.82 Å². The fraction of sp³-hybridized carbons (Fsp3) is 0.0833. The molecule has 0 amide bonds. The molecule has 0 saturated heterocycles. The first-order chi connectivity index (χ1) is 15.3. The Hall–Kier alpha value is -4.26. The van der Waals surface area contributed by atoms with Gasteiger partial charge in [-0.25, -0.2) is 15.0 Å². The third-order valence-electron chi connectivity index (χ3n) is 5.07. The third-order valence-corrected chi connectivity index (χ3v) is 5.07. The second kappa shape index (κ2) is 8.23. The Labute approximate surface area is 179 Å². The fourth-order valence-corrected chi connectivity index (χ4v) is 3.41. The fourth-order valence-electron chi connectivity index (χ4n) is 3.41. The van der Waals surface area contributed by atoms with Crippen LogP contribution in [0.15, 0.2) is 85.7 Å². The Bertz CT molecular complexity index is 1320. The average Bonchev–Trinajstić information content (AvgIpc) is 3.27. The number of fused-ring (bicyclic) bond motifs is 1. The van der Waals surface area contributed by atoms with Crippen molar-refractivity contribution in [1.82, 2.24) is 24.3 Å². The van der Waals surface area contributed by atoms with E-state index in [1.807, 2.05) is 41.1 Å². The van der Waals surface area contributed by atoms with Crippen LogP contribution in [0.25, 0.3) is 28.2 Å².